The van der Waals surface area contributed by atoms with Crippen LogP contribution < -0.4 is 5.32 Å². The molecule has 2 rings (SSSR count). The smallest absolute Gasteiger partial charge is 0.225 e. The highest BCUT2D eigenvalue weighted by Crippen LogP contribution is 2.20. The molecule has 2 aromatic carbocycles. The van der Waals surface area contributed by atoms with Gasteiger partial charge in [-0.3, -0.25) is 4.79 Å². The van der Waals surface area contributed by atoms with Gasteiger partial charge in [-0.05, 0) is 30.3 Å². The molecule has 2 aromatic rings. The standard InChI is InChI=1S/C15H13ClFNOS/c16-11-6-7-14(13(17)10-11)18-15(19)8-9-20-12-4-2-1-3-5-12/h1-7,10H,8-9H2,(H,18,19). The van der Waals surface area contributed by atoms with Crippen LogP contribution in [0.5, 0.6) is 0 Å². The minimum absolute atomic E-state index is 0.157. The summed E-state index contributed by atoms with van der Waals surface area (Å²) in [6, 6.07) is 14.0. The molecule has 0 atom stereocenters. The molecular weight excluding hydrogens is 297 g/mol. The fourth-order valence-corrected chi connectivity index (χ4v) is 2.61. The van der Waals surface area contributed by atoms with E-state index in [1.807, 2.05) is 30.3 Å². The third-order valence-corrected chi connectivity index (χ3v) is 3.80. The van der Waals surface area contributed by atoms with E-state index in [2.05, 4.69) is 5.32 Å². The van der Waals surface area contributed by atoms with Crippen LogP contribution in [-0.2, 0) is 4.79 Å². The molecule has 2 nitrogen and oxygen atoms in total. The highest BCUT2D eigenvalue weighted by atomic mass is 35.5. The second-order valence-electron chi connectivity index (χ2n) is 4.08. The molecule has 0 bridgehead atoms. The Kier molecular flexibility index (Phi) is 5.44. The van der Waals surface area contributed by atoms with Gasteiger partial charge in [0.2, 0.25) is 5.91 Å². The third-order valence-electron chi connectivity index (χ3n) is 2.55. The van der Waals surface area contributed by atoms with Gasteiger partial charge in [-0.15, -0.1) is 11.8 Å². The number of benzene rings is 2. The van der Waals surface area contributed by atoms with E-state index in [4.69, 9.17) is 11.6 Å². The molecule has 0 aliphatic heterocycles. The molecule has 0 aliphatic carbocycles. The van der Waals surface area contributed by atoms with Gasteiger partial charge < -0.3 is 5.32 Å². The summed E-state index contributed by atoms with van der Waals surface area (Å²) in [6.45, 7) is 0. The zero-order valence-corrected chi connectivity index (χ0v) is 12.2. The molecule has 0 unspecified atom stereocenters. The number of halogens is 2. The molecule has 1 N–H and O–H groups in total. The van der Waals surface area contributed by atoms with Crippen LogP contribution >= 0.6 is 23.4 Å². The molecule has 0 aromatic heterocycles. The lowest BCUT2D eigenvalue weighted by Gasteiger charge is -2.06. The van der Waals surface area contributed by atoms with Crippen molar-refractivity contribution in [2.45, 2.75) is 11.3 Å². The molecule has 0 heterocycles. The van der Waals surface area contributed by atoms with Gasteiger partial charge in [0.1, 0.15) is 5.82 Å². The number of rotatable bonds is 5. The number of carbonyl (C=O) groups excluding carboxylic acids is 1. The predicted octanol–water partition coefficient (Wildman–Crippen LogP) is 4.60. The predicted molar refractivity (Wildman–Crippen MR) is 81.8 cm³/mol. The van der Waals surface area contributed by atoms with E-state index in [1.165, 1.54) is 12.1 Å². The van der Waals surface area contributed by atoms with Gasteiger partial charge >= 0.3 is 0 Å². The average Bonchev–Trinajstić information content (AvgIpc) is 2.43. The van der Waals surface area contributed by atoms with Crippen molar-refractivity contribution < 1.29 is 9.18 Å². The van der Waals surface area contributed by atoms with Crippen LogP contribution in [0.4, 0.5) is 10.1 Å². The average molecular weight is 310 g/mol. The van der Waals surface area contributed by atoms with Crippen molar-refractivity contribution in [1.29, 1.82) is 0 Å². The topological polar surface area (TPSA) is 29.1 Å². The van der Waals surface area contributed by atoms with Gasteiger partial charge in [0.25, 0.3) is 0 Å². The van der Waals surface area contributed by atoms with Crippen LogP contribution in [0.2, 0.25) is 5.02 Å². The van der Waals surface area contributed by atoms with Crippen molar-refractivity contribution in [2.75, 3.05) is 11.1 Å². The molecule has 5 heteroatoms. The quantitative estimate of drug-likeness (QED) is 0.818. The Morgan fingerprint density at radius 3 is 2.65 bits per heavy atom. The minimum Gasteiger partial charge on any atom is -0.324 e. The summed E-state index contributed by atoms with van der Waals surface area (Å²) < 4.78 is 13.5. The lowest BCUT2D eigenvalue weighted by atomic mass is 10.3. The van der Waals surface area contributed by atoms with E-state index in [0.717, 1.165) is 4.90 Å². The van der Waals surface area contributed by atoms with E-state index in [1.54, 1.807) is 17.8 Å². The van der Waals surface area contributed by atoms with Crippen LogP contribution in [0.1, 0.15) is 6.42 Å². The monoisotopic (exact) mass is 309 g/mol. The first-order valence-corrected chi connectivity index (χ1v) is 7.44. The minimum atomic E-state index is -0.526. The number of hydrogen-bond donors (Lipinski definition) is 1. The first-order valence-electron chi connectivity index (χ1n) is 6.08. The molecule has 0 aliphatic rings. The van der Waals surface area contributed by atoms with Gasteiger partial charge in [0.15, 0.2) is 0 Å². The maximum Gasteiger partial charge on any atom is 0.225 e. The summed E-state index contributed by atoms with van der Waals surface area (Å²) in [5.74, 6) is -0.0957. The molecule has 104 valence electrons. The first kappa shape index (κ1) is 14.9. The van der Waals surface area contributed by atoms with E-state index in [-0.39, 0.29) is 11.6 Å². The fourth-order valence-electron chi connectivity index (χ4n) is 1.58. The second kappa shape index (κ2) is 7.31. The van der Waals surface area contributed by atoms with Crippen LogP contribution in [0.3, 0.4) is 0 Å². The molecule has 0 fully saturated rings. The van der Waals surface area contributed by atoms with Crippen molar-refractivity contribution in [3.8, 4) is 0 Å². The zero-order chi connectivity index (χ0) is 14.4. The highest BCUT2D eigenvalue weighted by molar-refractivity contribution is 7.99. The second-order valence-corrected chi connectivity index (χ2v) is 5.69. The molecule has 0 saturated carbocycles. The number of nitrogens with one attached hydrogen (secondary N) is 1. The van der Waals surface area contributed by atoms with Crippen LogP contribution in [0, 0.1) is 5.82 Å². The summed E-state index contributed by atoms with van der Waals surface area (Å²) in [4.78, 5) is 12.8. The molecule has 1 amide bonds. The van der Waals surface area contributed by atoms with Crippen molar-refractivity contribution in [1.82, 2.24) is 0 Å². The van der Waals surface area contributed by atoms with Crippen molar-refractivity contribution in [3.05, 3.63) is 59.4 Å². The van der Waals surface area contributed by atoms with Gasteiger partial charge in [-0.2, -0.15) is 0 Å². The van der Waals surface area contributed by atoms with Crippen molar-refractivity contribution >= 4 is 35.0 Å². The zero-order valence-electron chi connectivity index (χ0n) is 10.6. The van der Waals surface area contributed by atoms with E-state index in [9.17, 15) is 9.18 Å². The molecule has 0 radical (unpaired) electrons. The Morgan fingerprint density at radius 2 is 1.95 bits per heavy atom. The van der Waals surface area contributed by atoms with Gasteiger partial charge in [0, 0.05) is 22.1 Å². The van der Waals surface area contributed by atoms with Gasteiger partial charge in [-0.1, -0.05) is 29.8 Å². The lowest BCUT2D eigenvalue weighted by molar-refractivity contribution is -0.115. The van der Waals surface area contributed by atoms with E-state index < -0.39 is 5.82 Å². The Balaban J connectivity index is 1.81. The normalized spacial score (nSPS) is 10.3. The number of amides is 1. The number of carbonyl (C=O) groups is 1. The summed E-state index contributed by atoms with van der Waals surface area (Å²) in [5, 5.41) is 2.84. The SMILES string of the molecule is O=C(CCSc1ccccc1)Nc1ccc(Cl)cc1F. The Bertz CT molecular complexity index is 592. The van der Waals surface area contributed by atoms with Crippen molar-refractivity contribution in [3.63, 3.8) is 0 Å². The number of hydrogen-bond acceptors (Lipinski definition) is 2. The highest BCUT2D eigenvalue weighted by Gasteiger charge is 2.07. The maximum absolute atomic E-state index is 13.5. The summed E-state index contributed by atoms with van der Waals surface area (Å²) in [6.07, 6.45) is 0.321. The molecular formula is C15H13ClFNOS. The van der Waals surface area contributed by atoms with Gasteiger partial charge in [-0.25, -0.2) is 4.39 Å². The van der Waals surface area contributed by atoms with Crippen LogP contribution in [-0.4, -0.2) is 11.7 Å². The van der Waals surface area contributed by atoms with Crippen LogP contribution in [0.25, 0.3) is 0 Å². The Labute approximate surface area is 126 Å². The Hall–Kier alpha value is -1.52. The van der Waals surface area contributed by atoms with Crippen LogP contribution in [0.15, 0.2) is 53.4 Å². The fraction of sp³-hybridized carbons (Fsp3) is 0.133. The first-order chi connectivity index (χ1) is 9.65. The summed E-state index contributed by atoms with van der Waals surface area (Å²) >= 11 is 7.24. The molecule has 0 saturated heterocycles. The third kappa shape index (κ3) is 4.54. The largest absolute Gasteiger partial charge is 0.324 e. The maximum atomic E-state index is 13.5. The lowest BCUT2D eigenvalue weighted by Crippen LogP contribution is -2.13. The Morgan fingerprint density at radius 1 is 1.20 bits per heavy atom. The van der Waals surface area contributed by atoms with E-state index >= 15 is 0 Å². The van der Waals surface area contributed by atoms with Gasteiger partial charge in [0.05, 0.1) is 5.69 Å². The number of thioether (sulfide) groups is 1. The van der Waals surface area contributed by atoms with Crippen molar-refractivity contribution in [2.24, 2.45) is 0 Å². The summed E-state index contributed by atoms with van der Waals surface area (Å²) in [5.41, 5.74) is 0.157. The molecule has 20 heavy (non-hydrogen) atoms. The number of anilines is 1. The molecule has 0 spiro atoms. The van der Waals surface area contributed by atoms with E-state index in [0.29, 0.717) is 17.2 Å². The summed E-state index contributed by atoms with van der Waals surface area (Å²) in [7, 11) is 0.